The van der Waals surface area contributed by atoms with E-state index in [2.05, 4.69) is 26.5 Å². The Morgan fingerprint density at radius 3 is 2.54 bits per heavy atom. The number of hydrogen-bond donors (Lipinski definition) is 3. The van der Waals surface area contributed by atoms with Crippen LogP contribution in [0.15, 0.2) is 27.8 Å². The van der Waals surface area contributed by atoms with E-state index >= 15 is 0 Å². The van der Waals surface area contributed by atoms with Crippen LogP contribution in [-0.2, 0) is 4.79 Å². The van der Waals surface area contributed by atoms with Crippen molar-refractivity contribution in [2.45, 2.75) is 27.7 Å². The number of carbonyl (C=O) groups is 1. The second kappa shape index (κ2) is 8.23. The Morgan fingerprint density at radius 2 is 1.88 bits per heavy atom. The van der Waals surface area contributed by atoms with Crippen LogP contribution in [0.3, 0.4) is 0 Å². The first-order valence-corrected chi connectivity index (χ1v) is 8.73. The molecule has 0 saturated heterocycles. The van der Waals surface area contributed by atoms with Crippen molar-refractivity contribution >= 4 is 28.1 Å². The highest BCUT2D eigenvalue weighted by Gasteiger charge is 2.11. The minimum atomic E-state index is -0.430. The van der Waals surface area contributed by atoms with Crippen molar-refractivity contribution in [2.24, 2.45) is 5.10 Å². The first kappa shape index (κ1) is 19.8. The van der Waals surface area contributed by atoms with E-state index in [0.717, 1.165) is 15.6 Å². The van der Waals surface area contributed by atoms with Crippen LogP contribution in [0.5, 0.6) is 17.2 Å². The molecule has 0 aliphatic carbocycles. The van der Waals surface area contributed by atoms with E-state index in [1.165, 1.54) is 12.3 Å². The number of amides is 1. The second-order valence-corrected chi connectivity index (χ2v) is 6.93. The van der Waals surface area contributed by atoms with Crippen molar-refractivity contribution in [3.63, 3.8) is 0 Å². The molecule has 2 aromatic carbocycles. The summed E-state index contributed by atoms with van der Waals surface area (Å²) >= 11 is 3.43. The lowest BCUT2D eigenvalue weighted by Gasteiger charge is -2.11. The highest BCUT2D eigenvalue weighted by atomic mass is 79.9. The molecular weight excluding hydrogens is 400 g/mol. The van der Waals surface area contributed by atoms with Gasteiger partial charge in [0.05, 0.1) is 10.7 Å². The molecule has 1 amide bonds. The van der Waals surface area contributed by atoms with Crippen molar-refractivity contribution in [3.8, 4) is 17.2 Å². The predicted molar refractivity (Wildman–Crippen MR) is 104 cm³/mol. The first-order valence-electron chi connectivity index (χ1n) is 7.94. The van der Waals surface area contributed by atoms with Gasteiger partial charge in [-0.25, -0.2) is 5.43 Å². The molecule has 0 bridgehead atoms. The predicted octanol–water partition coefficient (Wildman–Crippen LogP) is 3.62. The van der Waals surface area contributed by atoms with Gasteiger partial charge in [0.15, 0.2) is 6.61 Å². The van der Waals surface area contributed by atoms with E-state index in [1.807, 2.05) is 26.0 Å². The van der Waals surface area contributed by atoms with Gasteiger partial charge in [-0.1, -0.05) is 6.07 Å². The monoisotopic (exact) mass is 420 g/mol. The Bertz CT molecular complexity index is 855. The van der Waals surface area contributed by atoms with Gasteiger partial charge in [0.1, 0.15) is 17.2 Å². The van der Waals surface area contributed by atoms with Crippen molar-refractivity contribution < 1.29 is 19.7 Å². The Kier molecular flexibility index (Phi) is 6.26. The average Bonchev–Trinajstić information content (AvgIpc) is 2.55. The lowest BCUT2D eigenvalue weighted by Crippen LogP contribution is -2.25. The van der Waals surface area contributed by atoms with Crippen molar-refractivity contribution in [1.29, 1.82) is 0 Å². The molecule has 138 valence electrons. The highest BCUT2D eigenvalue weighted by Crippen LogP contribution is 2.31. The van der Waals surface area contributed by atoms with Crippen LogP contribution >= 0.6 is 15.9 Å². The molecule has 0 atom stereocenters. The summed E-state index contributed by atoms with van der Waals surface area (Å²) in [6.07, 6.45) is 1.34. The van der Waals surface area contributed by atoms with Gasteiger partial charge >= 0.3 is 0 Å². The highest BCUT2D eigenvalue weighted by molar-refractivity contribution is 9.10. The molecule has 2 aromatic rings. The molecule has 0 radical (unpaired) electrons. The minimum Gasteiger partial charge on any atom is -0.508 e. The molecule has 7 heteroatoms. The lowest BCUT2D eigenvalue weighted by atomic mass is 10.0. The molecule has 0 aliphatic heterocycles. The third-order valence-electron chi connectivity index (χ3n) is 3.88. The van der Waals surface area contributed by atoms with Gasteiger partial charge in [-0.05, 0) is 72.4 Å². The van der Waals surface area contributed by atoms with Crippen molar-refractivity contribution in [2.75, 3.05) is 6.61 Å². The number of aromatic hydroxyl groups is 2. The molecule has 0 heterocycles. The van der Waals surface area contributed by atoms with Crippen molar-refractivity contribution in [3.05, 3.63) is 50.5 Å². The average molecular weight is 421 g/mol. The van der Waals surface area contributed by atoms with Crippen molar-refractivity contribution in [1.82, 2.24) is 5.43 Å². The van der Waals surface area contributed by atoms with E-state index in [4.69, 9.17) is 4.74 Å². The summed E-state index contributed by atoms with van der Waals surface area (Å²) in [6, 6.07) is 5.41. The minimum absolute atomic E-state index is 0.00799. The molecule has 26 heavy (non-hydrogen) atoms. The number of nitrogens with zero attached hydrogens (tertiary/aromatic N) is 1. The molecular formula is C19H21BrN2O4. The lowest BCUT2D eigenvalue weighted by molar-refractivity contribution is -0.123. The normalized spacial score (nSPS) is 11.0. The number of hydrogen-bond acceptors (Lipinski definition) is 5. The van der Waals surface area contributed by atoms with E-state index < -0.39 is 5.91 Å². The Labute approximate surface area is 160 Å². The van der Waals surface area contributed by atoms with Crippen LogP contribution in [-0.4, -0.2) is 28.9 Å². The summed E-state index contributed by atoms with van der Waals surface area (Å²) in [5.74, 6) is 0.114. The van der Waals surface area contributed by atoms with E-state index in [-0.39, 0.29) is 18.1 Å². The fraction of sp³-hybridized carbons (Fsp3) is 0.263. The van der Waals surface area contributed by atoms with Crippen LogP contribution in [0.2, 0.25) is 0 Å². The number of carbonyl (C=O) groups excluding carboxylic acids is 1. The van der Waals surface area contributed by atoms with Gasteiger partial charge in [0.25, 0.3) is 5.91 Å². The van der Waals surface area contributed by atoms with Gasteiger partial charge in [0, 0.05) is 11.1 Å². The van der Waals surface area contributed by atoms with Crippen LogP contribution < -0.4 is 10.2 Å². The van der Waals surface area contributed by atoms with Gasteiger partial charge in [-0.15, -0.1) is 0 Å². The zero-order chi connectivity index (χ0) is 19.4. The molecule has 0 aliphatic rings. The van der Waals surface area contributed by atoms with E-state index in [0.29, 0.717) is 22.4 Å². The standard InChI is InChI=1S/C19H21BrN2O4/c1-10-5-12(3)19(15(20)6-10)26-9-17(24)22-21-8-14-11(2)7-16(23)13(4)18(14)25/h5-8,23,25H,9H2,1-4H3,(H,22,24)/b21-8-. The third kappa shape index (κ3) is 4.54. The van der Waals surface area contributed by atoms with Crippen LogP contribution in [0.1, 0.15) is 27.8 Å². The number of phenolic OH excluding ortho intramolecular Hbond substituents is 2. The van der Waals surface area contributed by atoms with Crippen LogP contribution in [0.25, 0.3) is 0 Å². The quantitative estimate of drug-likeness (QED) is 0.508. The zero-order valence-corrected chi connectivity index (χ0v) is 16.6. The maximum absolute atomic E-state index is 11.9. The summed E-state index contributed by atoms with van der Waals surface area (Å²) in [5, 5.41) is 23.6. The summed E-state index contributed by atoms with van der Waals surface area (Å²) < 4.78 is 6.34. The molecule has 0 unspecified atom stereocenters. The maximum atomic E-state index is 11.9. The van der Waals surface area contributed by atoms with Gasteiger partial charge in [0.2, 0.25) is 0 Å². The zero-order valence-electron chi connectivity index (χ0n) is 15.1. The largest absolute Gasteiger partial charge is 0.508 e. The molecule has 0 spiro atoms. The summed E-state index contributed by atoms with van der Waals surface area (Å²) in [7, 11) is 0. The first-order chi connectivity index (χ1) is 12.2. The number of hydrazone groups is 1. The SMILES string of the molecule is Cc1cc(C)c(OCC(=O)N/N=C\c2c(C)cc(O)c(C)c2O)c(Br)c1. The Morgan fingerprint density at radius 1 is 1.19 bits per heavy atom. The number of ether oxygens (including phenoxy) is 1. The number of aryl methyl sites for hydroxylation is 3. The Hall–Kier alpha value is -2.54. The summed E-state index contributed by atoms with van der Waals surface area (Å²) in [5.41, 5.74) is 5.79. The van der Waals surface area contributed by atoms with Gasteiger partial charge in [-0.3, -0.25) is 4.79 Å². The molecule has 3 N–H and O–H groups in total. The summed E-state index contributed by atoms with van der Waals surface area (Å²) in [4.78, 5) is 11.9. The molecule has 0 fully saturated rings. The molecule has 0 saturated carbocycles. The fourth-order valence-electron chi connectivity index (χ4n) is 2.49. The molecule has 0 aromatic heterocycles. The van der Waals surface area contributed by atoms with Gasteiger partial charge < -0.3 is 14.9 Å². The third-order valence-corrected chi connectivity index (χ3v) is 4.47. The summed E-state index contributed by atoms with van der Waals surface area (Å²) in [6.45, 7) is 7.01. The van der Waals surface area contributed by atoms with E-state index in [1.54, 1.807) is 13.8 Å². The number of rotatable bonds is 5. The number of phenols is 2. The van der Waals surface area contributed by atoms with Crippen LogP contribution in [0, 0.1) is 27.7 Å². The molecule has 6 nitrogen and oxygen atoms in total. The smallest absolute Gasteiger partial charge is 0.277 e. The maximum Gasteiger partial charge on any atom is 0.277 e. The topological polar surface area (TPSA) is 91.2 Å². The van der Waals surface area contributed by atoms with Gasteiger partial charge in [-0.2, -0.15) is 5.10 Å². The number of benzene rings is 2. The molecule has 2 rings (SSSR count). The number of nitrogens with one attached hydrogen (secondary N) is 1. The Balaban J connectivity index is 2.00. The van der Waals surface area contributed by atoms with E-state index in [9.17, 15) is 15.0 Å². The number of halogens is 1. The van der Waals surface area contributed by atoms with Crippen LogP contribution in [0.4, 0.5) is 0 Å². The fourth-order valence-corrected chi connectivity index (χ4v) is 3.28. The second-order valence-electron chi connectivity index (χ2n) is 6.07.